The number of carbonyl (C=O) groups excluding carboxylic acids is 1. The summed E-state index contributed by atoms with van der Waals surface area (Å²) in [7, 11) is 3.07. The minimum Gasteiger partial charge on any atom is -0.466 e. The third-order valence-corrected chi connectivity index (χ3v) is 5.64. The van der Waals surface area contributed by atoms with Gasteiger partial charge in [-0.2, -0.15) is 5.26 Å². The van der Waals surface area contributed by atoms with Crippen molar-refractivity contribution in [3.05, 3.63) is 63.3 Å². The van der Waals surface area contributed by atoms with Gasteiger partial charge in [0.15, 0.2) is 5.11 Å². The van der Waals surface area contributed by atoms with Crippen LogP contribution in [0.4, 0.5) is 10.1 Å². The van der Waals surface area contributed by atoms with Gasteiger partial charge in [0.25, 0.3) is 0 Å². The first-order valence-electron chi connectivity index (χ1n) is 8.62. The number of benzene rings is 1. The topological polar surface area (TPSA) is 70.3 Å². The SMILES string of the molecule is COC(=O)C1=C(C)N(c2ccc(F)c(Cl)c2)C(=S)N[C@H]1c1cc(C#N)n(C)c1C. The molecule has 1 atom stereocenters. The molecule has 0 saturated carbocycles. The molecule has 0 aliphatic carbocycles. The number of esters is 1. The molecule has 29 heavy (non-hydrogen) atoms. The molecule has 0 saturated heterocycles. The van der Waals surface area contributed by atoms with Gasteiger partial charge in [-0.3, -0.25) is 4.90 Å². The van der Waals surface area contributed by atoms with Crippen LogP contribution in [0.3, 0.4) is 0 Å². The lowest BCUT2D eigenvalue weighted by Crippen LogP contribution is -2.48. The molecular formula is C20H18ClFN4O2S. The van der Waals surface area contributed by atoms with Crippen LogP contribution in [0.15, 0.2) is 35.5 Å². The zero-order valence-electron chi connectivity index (χ0n) is 16.2. The number of rotatable bonds is 3. The fourth-order valence-electron chi connectivity index (χ4n) is 3.41. The van der Waals surface area contributed by atoms with Crippen LogP contribution in [-0.4, -0.2) is 22.8 Å². The lowest BCUT2D eigenvalue weighted by atomic mass is 9.94. The van der Waals surface area contributed by atoms with E-state index >= 15 is 0 Å². The number of hydrogen-bond donors (Lipinski definition) is 1. The second-order valence-electron chi connectivity index (χ2n) is 6.55. The molecule has 1 aromatic carbocycles. The van der Waals surface area contributed by atoms with Gasteiger partial charge < -0.3 is 14.6 Å². The summed E-state index contributed by atoms with van der Waals surface area (Å²) in [6.45, 7) is 3.59. The Bertz CT molecular complexity index is 1100. The number of nitrogens with one attached hydrogen (secondary N) is 1. The molecule has 2 aromatic rings. The number of allylic oxidation sites excluding steroid dienone is 1. The van der Waals surface area contributed by atoms with Crippen molar-refractivity contribution in [3.8, 4) is 6.07 Å². The maximum atomic E-state index is 13.6. The number of carbonyl (C=O) groups is 1. The standard InChI is InChI=1S/C20H18ClFN4O2S/c1-10-14(7-13(9-23)25(10)3)18-17(19(27)28-4)11(2)26(20(29)24-18)12-5-6-16(22)15(21)8-12/h5-8,18H,1-4H3,(H,24,29)/t18-/m0/s1. The first-order valence-corrected chi connectivity index (χ1v) is 9.41. The smallest absolute Gasteiger partial charge is 0.337 e. The van der Waals surface area contributed by atoms with Gasteiger partial charge in [-0.05, 0) is 50.3 Å². The Hall–Kier alpha value is -2.89. The Morgan fingerprint density at radius 2 is 2.07 bits per heavy atom. The van der Waals surface area contributed by atoms with Crippen LogP contribution >= 0.6 is 23.8 Å². The molecule has 3 rings (SSSR count). The van der Waals surface area contributed by atoms with Crippen molar-refractivity contribution in [1.29, 1.82) is 5.26 Å². The van der Waals surface area contributed by atoms with Crippen LogP contribution in [0, 0.1) is 24.1 Å². The molecule has 2 heterocycles. The number of thiocarbonyl (C=S) groups is 1. The molecule has 1 N–H and O–H groups in total. The van der Waals surface area contributed by atoms with Crippen LogP contribution in [0.2, 0.25) is 5.02 Å². The minimum atomic E-state index is -0.601. The Morgan fingerprint density at radius 1 is 1.38 bits per heavy atom. The van der Waals surface area contributed by atoms with Crippen molar-refractivity contribution >= 4 is 40.6 Å². The molecular weight excluding hydrogens is 415 g/mol. The molecule has 1 aliphatic heterocycles. The highest BCUT2D eigenvalue weighted by molar-refractivity contribution is 7.80. The first-order chi connectivity index (χ1) is 13.7. The number of nitrogens with zero attached hydrogens (tertiary/aromatic N) is 3. The van der Waals surface area contributed by atoms with E-state index in [0.29, 0.717) is 27.8 Å². The largest absolute Gasteiger partial charge is 0.466 e. The average Bonchev–Trinajstić information content (AvgIpc) is 2.98. The number of aromatic nitrogens is 1. The maximum absolute atomic E-state index is 13.6. The zero-order chi connectivity index (χ0) is 21.5. The molecule has 6 nitrogen and oxygen atoms in total. The number of halogens is 2. The van der Waals surface area contributed by atoms with Crippen molar-refractivity contribution in [2.24, 2.45) is 7.05 Å². The van der Waals surface area contributed by atoms with E-state index in [1.54, 1.807) is 29.5 Å². The molecule has 0 amide bonds. The van der Waals surface area contributed by atoms with Gasteiger partial charge >= 0.3 is 5.97 Å². The first kappa shape index (κ1) is 20.8. The highest BCUT2D eigenvalue weighted by atomic mass is 35.5. The van der Waals surface area contributed by atoms with Crippen LogP contribution in [0.5, 0.6) is 0 Å². The molecule has 0 spiro atoms. The van der Waals surface area contributed by atoms with Crippen LogP contribution in [-0.2, 0) is 16.6 Å². The van der Waals surface area contributed by atoms with Crippen molar-refractivity contribution in [2.45, 2.75) is 19.9 Å². The van der Waals surface area contributed by atoms with E-state index in [1.807, 2.05) is 6.92 Å². The molecule has 0 bridgehead atoms. The monoisotopic (exact) mass is 432 g/mol. The van der Waals surface area contributed by atoms with Crippen LogP contribution in [0.25, 0.3) is 0 Å². The molecule has 0 radical (unpaired) electrons. The molecule has 0 unspecified atom stereocenters. The van der Waals surface area contributed by atoms with Crippen LogP contribution < -0.4 is 10.2 Å². The summed E-state index contributed by atoms with van der Waals surface area (Å²) < 4.78 is 20.4. The van der Waals surface area contributed by atoms with E-state index in [4.69, 9.17) is 28.6 Å². The molecule has 1 aliphatic rings. The highest BCUT2D eigenvalue weighted by Gasteiger charge is 2.37. The quantitative estimate of drug-likeness (QED) is 0.586. The van der Waals surface area contributed by atoms with Gasteiger partial charge in [0.2, 0.25) is 0 Å². The lowest BCUT2D eigenvalue weighted by molar-refractivity contribution is -0.136. The van der Waals surface area contributed by atoms with Crippen LogP contribution in [0.1, 0.15) is 29.9 Å². The summed E-state index contributed by atoms with van der Waals surface area (Å²) in [5.74, 6) is -1.09. The van der Waals surface area contributed by atoms with E-state index < -0.39 is 17.8 Å². The van der Waals surface area contributed by atoms with Gasteiger partial charge in [-0.1, -0.05) is 11.6 Å². The summed E-state index contributed by atoms with van der Waals surface area (Å²) in [4.78, 5) is 14.3. The highest BCUT2D eigenvalue weighted by Crippen LogP contribution is 2.37. The van der Waals surface area contributed by atoms with E-state index in [2.05, 4.69) is 11.4 Å². The van der Waals surface area contributed by atoms with E-state index in [-0.39, 0.29) is 5.02 Å². The number of anilines is 1. The Morgan fingerprint density at radius 3 is 2.62 bits per heavy atom. The predicted octanol–water partition coefficient (Wildman–Crippen LogP) is 3.88. The van der Waals surface area contributed by atoms with Gasteiger partial charge in [0.05, 0.1) is 23.7 Å². The van der Waals surface area contributed by atoms with Crippen molar-refractivity contribution in [3.63, 3.8) is 0 Å². The Kier molecular flexibility index (Phi) is 5.64. The van der Waals surface area contributed by atoms with E-state index in [1.165, 1.54) is 25.3 Å². The third kappa shape index (κ3) is 3.48. The Balaban J connectivity index is 2.20. The summed E-state index contributed by atoms with van der Waals surface area (Å²) in [5, 5.41) is 12.8. The average molecular weight is 433 g/mol. The number of hydrogen-bond acceptors (Lipinski definition) is 4. The molecule has 9 heteroatoms. The molecule has 150 valence electrons. The van der Waals surface area contributed by atoms with Gasteiger partial charge in [0.1, 0.15) is 17.6 Å². The second kappa shape index (κ2) is 7.85. The predicted molar refractivity (Wildman–Crippen MR) is 112 cm³/mol. The third-order valence-electron chi connectivity index (χ3n) is 5.05. The number of methoxy groups -OCH3 is 1. The summed E-state index contributed by atoms with van der Waals surface area (Å²) in [6, 6.07) is 7.44. The second-order valence-corrected chi connectivity index (χ2v) is 7.34. The number of nitriles is 1. The van der Waals surface area contributed by atoms with Gasteiger partial charge in [-0.15, -0.1) is 0 Å². The van der Waals surface area contributed by atoms with E-state index in [0.717, 1.165) is 11.3 Å². The normalized spacial score (nSPS) is 16.5. The summed E-state index contributed by atoms with van der Waals surface area (Å²) in [6.07, 6.45) is 0. The van der Waals surface area contributed by atoms with Gasteiger partial charge in [-0.25, -0.2) is 9.18 Å². The molecule has 1 aromatic heterocycles. The van der Waals surface area contributed by atoms with E-state index in [9.17, 15) is 14.4 Å². The Labute approximate surface area is 178 Å². The van der Waals surface area contributed by atoms with Gasteiger partial charge in [0, 0.05) is 29.7 Å². The fourth-order valence-corrected chi connectivity index (χ4v) is 3.94. The number of ether oxygens (including phenoxy) is 1. The summed E-state index contributed by atoms with van der Waals surface area (Å²) in [5.41, 5.74) is 3.38. The summed E-state index contributed by atoms with van der Waals surface area (Å²) >= 11 is 11.5. The fraction of sp³-hybridized carbons (Fsp3) is 0.250. The zero-order valence-corrected chi connectivity index (χ0v) is 17.8. The maximum Gasteiger partial charge on any atom is 0.337 e. The molecule has 0 fully saturated rings. The minimum absolute atomic E-state index is 0.0580. The van der Waals surface area contributed by atoms with Crippen molar-refractivity contribution < 1.29 is 13.9 Å². The lowest BCUT2D eigenvalue weighted by Gasteiger charge is -2.37. The van der Waals surface area contributed by atoms with Crippen molar-refractivity contribution in [2.75, 3.05) is 12.0 Å². The van der Waals surface area contributed by atoms with Crippen molar-refractivity contribution in [1.82, 2.24) is 9.88 Å².